The highest BCUT2D eigenvalue weighted by atomic mass is 35.5. The molecular weight excluding hydrogens is 244 g/mol. The predicted octanol–water partition coefficient (Wildman–Crippen LogP) is 1.66. The number of carbonyl (C=O) groups is 1. The van der Waals surface area contributed by atoms with Gasteiger partial charge in [-0.3, -0.25) is 0 Å². The van der Waals surface area contributed by atoms with Crippen LogP contribution in [0, 0.1) is 0 Å². The molecule has 0 saturated carbocycles. The quantitative estimate of drug-likeness (QED) is 0.872. The predicted molar refractivity (Wildman–Crippen MR) is 63.8 cm³/mol. The number of anilines is 1. The zero-order chi connectivity index (χ0) is 12.4. The number of aromatic carboxylic acids is 1. The van der Waals surface area contributed by atoms with Crippen molar-refractivity contribution in [1.29, 1.82) is 0 Å². The lowest BCUT2D eigenvalue weighted by Crippen LogP contribution is -2.44. The number of hydrogen-bond donors (Lipinski definition) is 1. The first-order chi connectivity index (χ1) is 8.11. The fraction of sp³-hybridized carbons (Fsp3) is 0.455. The van der Waals surface area contributed by atoms with Gasteiger partial charge in [-0.05, 0) is 13.0 Å². The summed E-state index contributed by atoms with van der Waals surface area (Å²) in [6, 6.07) is 1.54. The number of carboxylic acids is 1. The van der Waals surface area contributed by atoms with Gasteiger partial charge in [-0.2, -0.15) is 0 Å². The maximum absolute atomic E-state index is 11.0. The Balaban J connectivity index is 2.38. The molecule has 0 bridgehead atoms. The molecule has 5 nitrogen and oxygen atoms in total. The smallest absolute Gasteiger partial charge is 0.337 e. The van der Waals surface area contributed by atoms with E-state index in [2.05, 4.69) is 4.98 Å². The zero-order valence-corrected chi connectivity index (χ0v) is 10.1. The second-order valence-electron chi connectivity index (χ2n) is 3.92. The molecule has 1 saturated heterocycles. The number of halogens is 1. The third-order valence-electron chi connectivity index (χ3n) is 2.74. The van der Waals surface area contributed by atoms with Crippen LogP contribution in [0.15, 0.2) is 12.3 Å². The first-order valence-electron chi connectivity index (χ1n) is 5.33. The number of pyridine rings is 1. The Bertz CT molecular complexity index is 439. The second-order valence-corrected chi connectivity index (χ2v) is 4.30. The van der Waals surface area contributed by atoms with Gasteiger partial charge >= 0.3 is 5.97 Å². The average molecular weight is 257 g/mol. The number of aromatic nitrogens is 1. The fourth-order valence-electron chi connectivity index (χ4n) is 1.84. The number of nitrogens with zero attached hydrogens (tertiary/aromatic N) is 2. The van der Waals surface area contributed by atoms with E-state index in [-0.39, 0.29) is 16.6 Å². The maximum atomic E-state index is 11.0. The van der Waals surface area contributed by atoms with Crippen molar-refractivity contribution in [3.8, 4) is 0 Å². The number of carboxylic acid groups (broad SMARTS) is 1. The van der Waals surface area contributed by atoms with E-state index in [1.54, 1.807) is 0 Å². The van der Waals surface area contributed by atoms with E-state index < -0.39 is 5.97 Å². The van der Waals surface area contributed by atoms with Gasteiger partial charge in [-0.25, -0.2) is 9.78 Å². The minimum atomic E-state index is -1.04. The van der Waals surface area contributed by atoms with E-state index in [9.17, 15) is 4.79 Å². The number of hydrogen-bond acceptors (Lipinski definition) is 4. The van der Waals surface area contributed by atoms with E-state index in [4.69, 9.17) is 21.4 Å². The summed E-state index contributed by atoms with van der Waals surface area (Å²) in [5.41, 5.74) is 0.0790. The molecule has 1 fully saturated rings. The molecule has 17 heavy (non-hydrogen) atoms. The maximum Gasteiger partial charge on any atom is 0.337 e. The molecule has 1 N–H and O–H groups in total. The van der Waals surface area contributed by atoms with Crippen LogP contribution in [0.4, 0.5) is 5.82 Å². The molecule has 1 atom stereocenters. The monoisotopic (exact) mass is 256 g/mol. The zero-order valence-electron chi connectivity index (χ0n) is 9.39. The molecule has 1 aromatic heterocycles. The van der Waals surface area contributed by atoms with Crippen LogP contribution in [-0.4, -0.2) is 41.9 Å². The summed E-state index contributed by atoms with van der Waals surface area (Å²) >= 11 is 6.08. The number of rotatable bonds is 2. The Labute approximate surface area is 104 Å². The van der Waals surface area contributed by atoms with Crippen LogP contribution in [0.2, 0.25) is 5.02 Å². The molecule has 92 valence electrons. The molecule has 0 amide bonds. The van der Waals surface area contributed by atoms with Crippen molar-refractivity contribution in [3.63, 3.8) is 0 Å². The van der Waals surface area contributed by atoms with Crippen molar-refractivity contribution in [1.82, 2.24) is 4.98 Å². The Kier molecular flexibility index (Phi) is 3.49. The minimum absolute atomic E-state index is 0.0790. The molecular formula is C11H13ClN2O3. The van der Waals surface area contributed by atoms with Gasteiger partial charge in [0.05, 0.1) is 29.8 Å². The molecule has 0 aliphatic carbocycles. The van der Waals surface area contributed by atoms with E-state index >= 15 is 0 Å². The number of ether oxygens (including phenoxy) is 1. The van der Waals surface area contributed by atoms with Crippen molar-refractivity contribution in [2.24, 2.45) is 0 Å². The standard InChI is InChI=1S/C11H13ClN2O3/c1-7-6-17-5-4-14(7)10-9(12)8(11(15)16)2-3-13-10/h2-3,7H,4-6H2,1H3,(H,15,16). The van der Waals surface area contributed by atoms with Crippen LogP contribution in [-0.2, 0) is 4.74 Å². The molecule has 1 aliphatic heterocycles. The van der Waals surface area contributed by atoms with Crippen molar-refractivity contribution in [2.45, 2.75) is 13.0 Å². The van der Waals surface area contributed by atoms with E-state index in [1.165, 1.54) is 12.3 Å². The fourth-order valence-corrected chi connectivity index (χ4v) is 2.14. The van der Waals surface area contributed by atoms with Gasteiger partial charge in [0.25, 0.3) is 0 Å². The molecule has 1 unspecified atom stereocenters. The molecule has 6 heteroatoms. The van der Waals surface area contributed by atoms with Gasteiger partial charge in [0, 0.05) is 12.7 Å². The summed E-state index contributed by atoms with van der Waals surface area (Å²) in [4.78, 5) is 17.1. The van der Waals surface area contributed by atoms with Gasteiger partial charge < -0.3 is 14.7 Å². The highest BCUT2D eigenvalue weighted by molar-refractivity contribution is 6.35. The van der Waals surface area contributed by atoms with Crippen LogP contribution in [0.1, 0.15) is 17.3 Å². The van der Waals surface area contributed by atoms with Crippen LogP contribution in [0.25, 0.3) is 0 Å². The lowest BCUT2D eigenvalue weighted by molar-refractivity contribution is 0.0697. The topological polar surface area (TPSA) is 62.7 Å². The second kappa shape index (κ2) is 4.89. The SMILES string of the molecule is CC1COCCN1c1nccc(C(=O)O)c1Cl. The Morgan fingerprint density at radius 3 is 3.12 bits per heavy atom. The van der Waals surface area contributed by atoms with E-state index in [1.807, 2.05) is 11.8 Å². The summed E-state index contributed by atoms with van der Waals surface area (Å²) < 4.78 is 5.32. The molecule has 1 aliphatic rings. The van der Waals surface area contributed by atoms with Crippen molar-refractivity contribution >= 4 is 23.4 Å². The van der Waals surface area contributed by atoms with Gasteiger partial charge in [0.1, 0.15) is 5.82 Å². The lowest BCUT2D eigenvalue weighted by atomic mass is 10.2. The van der Waals surface area contributed by atoms with Crippen LogP contribution in [0.5, 0.6) is 0 Å². The molecule has 0 spiro atoms. The Morgan fingerprint density at radius 2 is 2.47 bits per heavy atom. The van der Waals surface area contributed by atoms with Gasteiger partial charge in [-0.1, -0.05) is 11.6 Å². The van der Waals surface area contributed by atoms with E-state index in [0.717, 1.165) is 0 Å². The van der Waals surface area contributed by atoms with Crippen LogP contribution < -0.4 is 4.90 Å². The van der Waals surface area contributed by atoms with Crippen LogP contribution in [0.3, 0.4) is 0 Å². The highest BCUT2D eigenvalue weighted by Crippen LogP contribution is 2.29. The Morgan fingerprint density at radius 1 is 1.71 bits per heavy atom. The first-order valence-corrected chi connectivity index (χ1v) is 5.71. The molecule has 2 rings (SSSR count). The van der Waals surface area contributed by atoms with Gasteiger partial charge in [0.15, 0.2) is 0 Å². The highest BCUT2D eigenvalue weighted by Gasteiger charge is 2.24. The Hall–Kier alpha value is -1.33. The first kappa shape index (κ1) is 12.1. The third kappa shape index (κ3) is 2.35. The van der Waals surface area contributed by atoms with Crippen molar-refractivity contribution in [2.75, 3.05) is 24.7 Å². The summed E-state index contributed by atoms with van der Waals surface area (Å²) in [6.07, 6.45) is 1.47. The van der Waals surface area contributed by atoms with Gasteiger partial charge in [0.2, 0.25) is 0 Å². The summed E-state index contributed by atoms with van der Waals surface area (Å²) in [7, 11) is 0. The molecule has 0 aromatic carbocycles. The van der Waals surface area contributed by atoms with E-state index in [0.29, 0.717) is 25.6 Å². The van der Waals surface area contributed by atoms with Crippen molar-refractivity contribution < 1.29 is 14.6 Å². The average Bonchev–Trinajstić information content (AvgIpc) is 2.30. The summed E-state index contributed by atoms with van der Waals surface area (Å²) in [5.74, 6) is -0.526. The largest absolute Gasteiger partial charge is 0.478 e. The van der Waals surface area contributed by atoms with Gasteiger partial charge in [-0.15, -0.1) is 0 Å². The van der Waals surface area contributed by atoms with Crippen molar-refractivity contribution in [3.05, 3.63) is 22.8 Å². The molecule has 2 heterocycles. The normalized spacial score (nSPS) is 20.4. The lowest BCUT2D eigenvalue weighted by Gasteiger charge is -2.34. The summed E-state index contributed by atoms with van der Waals surface area (Å²) in [5, 5.41) is 9.19. The minimum Gasteiger partial charge on any atom is -0.478 e. The molecule has 0 radical (unpaired) electrons. The summed E-state index contributed by atoms with van der Waals surface area (Å²) in [6.45, 7) is 3.84. The third-order valence-corrected chi connectivity index (χ3v) is 3.11. The van der Waals surface area contributed by atoms with Crippen LogP contribution >= 0.6 is 11.6 Å². The molecule has 1 aromatic rings. The number of morpholine rings is 1.